The van der Waals surface area contributed by atoms with Crippen LogP contribution < -0.4 is 4.74 Å². The van der Waals surface area contributed by atoms with Crippen molar-refractivity contribution in [2.45, 2.75) is 11.2 Å². The van der Waals surface area contributed by atoms with Crippen molar-refractivity contribution in [2.75, 3.05) is 7.11 Å². The van der Waals surface area contributed by atoms with Gasteiger partial charge in [-0.3, -0.25) is 0 Å². The number of hydrogen-bond acceptors (Lipinski definition) is 2. The molecule has 0 saturated carbocycles. The van der Waals surface area contributed by atoms with Crippen LogP contribution in [0.15, 0.2) is 48.5 Å². The summed E-state index contributed by atoms with van der Waals surface area (Å²) in [5.74, 6) is 0.709. The van der Waals surface area contributed by atoms with Gasteiger partial charge in [-0.05, 0) is 41.6 Å². The van der Waals surface area contributed by atoms with E-state index < -0.39 is 0 Å². The average molecular weight is 365 g/mol. The van der Waals surface area contributed by atoms with Crippen LogP contribution in [0.1, 0.15) is 15.3 Å². The second-order valence-electron chi connectivity index (χ2n) is 4.81. The first-order valence-corrected chi connectivity index (χ1v) is 8.35. The Kier molecular flexibility index (Phi) is 4.27. The fraction of sp³-hybridized carbons (Fsp3) is 0.176. The number of para-hydroxylation sites is 1. The van der Waals surface area contributed by atoms with Crippen LogP contribution in [-0.2, 0) is 6.42 Å². The highest BCUT2D eigenvalue weighted by Crippen LogP contribution is 2.37. The van der Waals surface area contributed by atoms with Gasteiger partial charge < -0.3 is 4.74 Å². The summed E-state index contributed by atoms with van der Waals surface area (Å²) in [6.45, 7) is 0. The third-order valence-electron chi connectivity index (χ3n) is 3.40. The largest absolute Gasteiger partial charge is 0.496 e. The molecule has 1 unspecified atom stereocenters. The number of halogens is 2. The molecular formula is C17H14BrFOS. The van der Waals surface area contributed by atoms with Gasteiger partial charge in [0.25, 0.3) is 0 Å². The van der Waals surface area contributed by atoms with Gasteiger partial charge in [0.05, 0.1) is 11.9 Å². The fourth-order valence-corrected chi connectivity index (χ4v) is 4.17. The van der Waals surface area contributed by atoms with E-state index in [9.17, 15) is 4.39 Å². The normalized spacial score (nSPS) is 12.5. The minimum atomic E-state index is -0.188. The molecule has 0 bridgehead atoms. The summed E-state index contributed by atoms with van der Waals surface area (Å²) in [6.07, 6.45) is 0.833. The third-order valence-corrected chi connectivity index (χ3v) is 5.73. The van der Waals surface area contributed by atoms with Crippen molar-refractivity contribution in [3.8, 4) is 5.75 Å². The molecule has 108 valence electrons. The second kappa shape index (κ2) is 6.16. The third kappa shape index (κ3) is 3.11. The van der Waals surface area contributed by atoms with Crippen LogP contribution >= 0.6 is 27.3 Å². The highest BCUT2D eigenvalue weighted by Gasteiger charge is 2.14. The minimum Gasteiger partial charge on any atom is -0.496 e. The maximum absolute atomic E-state index is 13.3. The Labute approximate surface area is 135 Å². The van der Waals surface area contributed by atoms with Crippen LogP contribution in [0.25, 0.3) is 10.1 Å². The monoisotopic (exact) mass is 364 g/mol. The predicted molar refractivity (Wildman–Crippen MR) is 90.1 cm³/mol. The molecule has 0 saturated heterocycles. The molecule has 0 amide bonds. The number of benzene rings is 2. The van der Waals surface area contributed by atoms with Crippen molar-refractivity contribution in [1.82, 2.24) is 0 Å². The molecule has 0 aliphatic heterocycles. The van der Waals surface area contributed by atoms with E-state index in [0.717, 1.165) is 27.8 Å². The Morgan fingerprint density at radius 3 is 2.81 bits per heavy atom. The van der Waals surface area contributed by atoms with Gasteiger partial charge in [0.2, 0.25) is 0 Å². The van der Waals surface area contributed by atoms with Gasteiger partial charge in [-0.1, -0.05) is 40.2 Å². The van der Waals surface area contributed by atoms with Crippen molar-refractivity contribution < 1.29 is 9.13 Å². The van der Waals surface area contributed by atoms with Gasteiger partial charge in [-0.25, -0.2) is 4.39 Å². The number of thiophene rings is 1. The first-order valence-electron chi connectivity index (χ1n) is 6.62. The topological polar surface area (TPSA) is 9.23 Å². The molecule has 1 nitrogen and oxygen atoms in total. The van der Waals surface area contributed by atoms with Gasteiger partial charge in [0.1, 0.15) is 11.6 Å². The molecule has 0 aliphatic rings. The molecular weight excluding hydrogens is 351 g/mol. The van der Waals surface area contributed by atoms with Gasteiger partial charge in [0.15, 0.2) is 0 Å². The zero-order chi connectivity index (χ0) is 14.8. The van der Waals surface area contributed by atoms with E-state index in [-0.39, 0.29) is 10.6 Å². The highest BCUT2D eigenvalue weighted by molar-refractivity contribution is 9.09. The quantitative estimate of drug-likeness (QED) is 0.537. The van der Waals surface area contributed by atoms with Crippen LogP contribution in [0.3, 0.4) is 0 Å². The van der Waals surface area contributed by atoms with Crippen molar-refractivity contribution in [3.05, 3.63) is 64.8 Å². The molecule has 0 fully saturated rings. The summed E-state index contributed by atoms with van der Waals surface area (Å²) < 4.78 is 19.6. The van der Waals surface area contributed by atoms with E-state index in [4.69, 9.17) is 4.74 Å². The lowest BCUT2D eigenvalue weighted by Gasteiger charge is -2.11. The average Bonchev–Trinajstić information content (AvgIpc) is 2.91. The van der Waals surface area contributed by atoms with Crippen LogP contribution in [0, 0.1) is 5.82 Å². The second-order valence-corrected chi connectivity index (χ2v) is 7.04. The van der Waals surface area contributed by atoms with Crippen LogP contribution in [-0.4, -0.2) is 7.11 Å². The van der Waals surface area contributed by atoms with Crippen LogP contribution in [0.5, 0.6) is 5.75 Å². The number of rotatable bonds is 4. The summed E-state index contributed by atoms with van der Waals surface area (Å²) in [5.41, 5.74) is 1.16. The lowest BCUT2D eigenvalue weighted by molar-refractivity contribution is 0.409. The van der Waals surface area contributed by atoms with Crippen LogP contribution in [0.2, 0.25) is 0 Å². The smallest absolute Gasteiger partial charge is 0.124 e. The minimum absolute atomic E-state index is 0.188. The number of alkyl halides is 1. The molecule has 4 heteroatoms. The van der Waals surface area contributed by atoms with Gasteiger partial charge in [-0.2, -0.15) is 0 Å². The Morgan fingerprint density at radius 2 is 2.00 bits per heavy atom. The highest BCUT2D eigenvalue weighted by atomic mass is 79.9. The lowest BCUT2D eigenvalue weighted by Crippen LogP contribution is -1.96. The van der Waals surface area contributed by atoms with Crippen molar-refractivity contribution in [1.29, 1.82) is 0 Å². The summed E-state index contributed by atoms with van der Waals surface area (Å²) in [4.78, 5) is 1.38. The van der Waals surface area contributed by atoms with Crippen LogP contribution in [0.4, 0.5) is 4.39 Å². The Balaban J connectivity index is 1.88. The Hall–Kier alpha value is -1.39. The van der Waals surface area contributed by atoms with E-state index in [2.05, 4.69) is 28.1 Å². The standard InChI is InChI=1S/C17H14BrFOS/c1-20-15-5-3-2-4-11(15)8-14(18)17-9-12-6-7-13(19)10-16(12)21-17/h2-7,9-10,14H,8H2,1H3. The fourth-order valence-electron chi connectivity index (χ4n) is 2.35. The molecule has 1 aromatic heterocycles. The number of ether oxygens (including phenoxy) is 1. The van der Waals surface area contributed by atoms with E-state index in [1.54, 1.807) is 24.5 Å². The SMILES string of the molecule is COc1ccccc1CC(Br)c1cc2ccc(F)cc2s1. The summed E-state index contributed by atoms with van der Waals surface area (Å²) in [6, 6.07) is 15.1. The molecule has 21 heavy (non-hydrogen) atoms. The molecule has 3 aromatic rings. The first kappa shape index (κ1) is 14.5. The van der Waals surface area contributed by atoms with Crippen molar-refractivity contribution in [2.24, 2.45) is 0 Å². The van der Waals surface area contributed by atoms with E-state index in [1.165, 1.54) is 10.9 Å². The van der Waals surface area contributed by atoms with Gasteiger partial charge in [-0.15, -0.1) is 11.3 Å². The summed E-state index contributed by atoms with van der Waals surface area (Å²) >= 11 is 5.37. The number of fused-ring (bicyclic) bond motifs is 1. The van der Waals surface area contributed by atoms with Gasteiger partial charge in [0, 0.05) is 9.58 Å². The number of methoxy groups -OCH3 is 1. The van der Waals surface area contributed by atoms with Crippen molar-refractivity contribution >= 4 is 37.4 Å². The Morgan fingerprint density at radius 1 is 1.19 bits per heavy atom. The lowest BCUT2D eigenvalue weighted by atomic mass is 10.1. The maximum Gasteiger partial charge on any atom is 0.124 e. The maximum atomic E-state index is 13.3. The van der Waals surface area contributed by atoms with E-state index in [1.807, 2.05) is 24.3 Å². The zero-order valence-corrected chi connectivity index (χ0v) is 13.9. The first-order chi connectivity index (χ1) is 10.2. The predicted octanol–water partition coefficient (Wildman–Crippen LogP) is 5.73. The van der Waals surface area contributed by atoms with E-state index in [0.29, 0.717) is 0 Å². The summed E-state index contributed by atoms with van der Waals surface area (Å²) in [5, 5.41) is 1.08. The molecule has 1 atom stereocenters. The molecule has 3 rings (SSSR count). The zero-order valence-electron chi connectivity index (χ0n) is 11.5. The molecule has 2 aromatic carbocycles. The summed E-state index contributed by atoms with van der Waals surface area (Å²) in [7, 11) is 1.68. The Bertz CT molecular complexity index is 768. The van der Waals surface area contributed by atoms with E-state index >= 15 is 0 Å². The molecule has 1 heterocycles. The molecule has 0 spiro atoms. The molecule has 0 aliphatic carbocycles. The van der Waals surface area contributed by atoms with Crippen molar-refractivity contribution in [3.63, 3.8) is 0 Å². The molecule has 0 N–H and O–H groups in total. The number of hydrogen-bond donors (Lipinski definition) is 0. The molecule has 0 radical (unpaired) electrons. The van der Waals surface area contributed by atoms with Gasteiger partial charge >= 0.3 is 0 Å².